The summed E-state index contributed by atoms with van der Waals surface area (Å²) in [6, 6.07) is 15.9. The van der Waals surface area contributed by atoms with Crippen LogP contribution in [0.3, 0.4) is 0 Å². The second-order valence-corrected chi connectivity index (χ2v) is 10.3. The average Bonchev–Trinajstić information content (AvgIpc) is 3.69. The predicted octanol–water partition coefficient (Wildman–Crippen LogP) is 5.73. The predicted molar refractivity (Wildman–Crippen MR) is 145 cm³/mol. The molecule has 7 rings (SSSR count). The van der Waals surface area contributed by atoms with Crippen LogP contribution in [0.5, 0.6) is 0 Å². The molecule has 1 unspecified atom stereocenters. The molecule has 2 aliphatic heterocycles. The maximum Gasteiger partial charge on any atom is 0.137 e. The van der Waals surface area contributed by atoms with Gasteiger partial charge >= 0.3 is 0 Å². The molecule has 2 fully saturated rings. The van der Waals surface area contributed by atoms with E-state index in [2.05, 4.69) is 44.0 Å². The van der Waals surface area contributed by atoms with E-state index in [0.29, 0.717) is 6.04 Å². The minimum atomic E-state index is -0.271. The van der Waals surface area contributed by atoms with Crippen LogP contribution in [0.25, 0.3) is 38.9 Å². The van der Waals surface area contributed by atoms with Gasteiger partial charge in [0.15, 0.2) is 0 Å². The Kier molecular flexibility index (Phi) is 5.39. The number of halogens is 1. The molecule has 0 radical (unpaired) electrons. The van der Waals surface area contributed by atoms with E-state index in [0.717, 1.165) is 63.5 Å². The normalized spacial score (nSPS) is 18.4. The van der Waals surface area contributed by atoms with Crippen LogP contribution in [0.1, 0.15) is 25.0 Å². The van der Waals surface area contributed by atoms with Gasteiger partial charge in [-0.25, -0.2) is 14.4 Å². The van der Waals surface area contributed by atoms with Crippen molar-refractivity contribution < 1.29 is 4.39 Å². The van der Waals surface area contributed by atoms with Crippen molar-refractivity contribution in [2.45, 2.75) is 32.2 Å². The average molecular weight is 493 g/mol. The molecule has 0 spiro atoms. The van der Waals surface area contributed by atoms with Crippen LogP contribution in [0.15, 0.2) is 67.1 Å². The Bertz CT molecular complexity index is 1600. The Labute approximate surface area is 215 Å². The molecule has 1 atom stereocenters. The van der Waals surface area contributed by atoms with Gasteiger partial charge in [-0.05, 0) is 93.4 Å². The maximum absolute atomic E-state index is 14.1. The number of fused-ring (bicyclic) bond motifs is 2. The minimum Gasteiger partial charge on any atom is -0.355 e. The van der Waals surface area contributed by atoms with E-state index in [-0.39, 0.29) is 5.82 Å². The number of anilines is 1. The summed E-state index contributed by atoms with van der Waals surface area (Å²) < 4.78 is 16.1. The second kappa shape index (κ2) is 8.92. The smallest absolute Gasteiger partial charge is 0.137 e. The van der Waals surface area contributed by atoms with Gasteiger partial charge in [-0.15, -0.1) is 0 Å². The molecule has 37 heavy (non-hydrogen) atoms. The Morgan fingerprint density at radius 3 is 2.62 bits per heavy atom. The van der Waals surface area contributed by atoms with Gasteiger partial charge in [-0.3, -0.25) is 14.3 Å². The third-order valence-electron chi connectivity index (χ3n) is 7.91. The van der Waals surface area contributed by atoms with Crippen LogP contribution in [-0.4, -0.2) is 56.5 Å². The molecule has 6 heterocycles. The summed E-state index contributed by atoms with van der Waals surface area (Å²) in [5.41, 5.74) is 6.48. The fourth-order valence-electron chi connectivity index (χ4n) is 6.00. The van der Waals surface area contributed by atoms with Crippen LogP contribution in [0.2, 0.25) is 0 Å². The largest absolute Gasteiger partial charge is 0.355 e. The van der Waals surface area contributed by atoms with Crippen molar-refractivity contribution in [3.8, 4) is 22.4 Å². The Morgan fingerprint density at radius 1 is 0.892 bits per heavy atom. The highest BCUT2D eigenvalue weighted by Crippen LogP contribution is 2.32. The van der Waals surface area contributed by atoms with Crippen LogP contribution in [-0.2, 0) is 0 Å². The standard InChI is InChI=1S/C30H29FN6/c1-20-14-26(25-16-23(31)5-6-27(25)34-20)28-18-33-30-15-21(8-13-37(28)30)22-4-7-29(32-17-22)36-12-9-24(19-36)35-10-2-3-11-35/h4-8,13-18,24H,2-3,9-12,19H2,1H3. The zero-order chi connectivity index (χ0) is 24.9. The lowest BCUT2D eigenvalue weighted by molar-refractivity contribution is 0.260. The number of rotatable bonds is 4. The fraction of sp³-hybridized carbons (Fsp3) is 0.300. The first-order chi connectivity index (χ1) is 18.1. The molecular weight excluding hydrogens is 463 g/mol. The summed E-state index contributed by atoms with van der Waals surface area (Å²) in [6.45, 7) is 6.60. The highest BCUT2D eigenvalue weighted by molar-refractivity contribution is 5.94. The monoisotopic (exact) mass is 492 g/mol. The van der Waals surface area contributed by atoms with Crippen LogP contribution in [0, 0.1) is 12.7 Å². The van der Waals surface area contributed by atoms with Crippen molar-refractivity contribution in [2.24, 2.45) is 0 Å². The molecule has 1 aromatic carbocycles. The van der Waals surface area contributed by atoms with Gasteiger partial charge in [0.25, 0.3) is 0 Å². The molecular formula is C30H29FN6. The molecule has 7 heteroatoms. The first kappa shape index (κ1) is 22.4. The third kappa shape index (κ3) is 4.03. The molecule has 2 aliphatic rings. The highest BCUT2D eigenvalue weighted by atomic mass is 19.1. The van der Waals surface area contributed by atoms with Crippen molar-refractivity contribution >= 4 is 22.4 Å². The molecule has 0 bridgehead atoms. The quantitative estimate of drug-likeness (QED) is 0.321. The van der Waals surface area contributed by atoms with Gasteiger partial charge in [0.2, 0.25) is 0 Å². The van der Waals surface area contributed by atoms with E-state index in [1.54, 1.807) is 12.1 Å². The van der Waals surface area contributed by atoms with Gasteiger partial charge in [0.1, 0.15) is 17.3 Å². The number of likely N-dealkylation sites (tertiary alicyclic amines) is 1. The maximum atomic E-state index is 14.1. The Morgan fingerprint density at radius 2 is 1.78 bits per heavy atom. The van der Waals surface area contributed by atoms with E-state index in [1.165, 1.54) is 38.4 Å². The van der Waals surface area contributed by atoms with Gasteiger partial charge in [-0.1, -0.05) is 0 Å². The van der Waals surface area contributed by atoms with Crippen molar-refractivity contribution in [2.75, 3.05) is 31.1 Å². The lowest BCUT2D eigenvalue weighted by Crippen LogP contribution is -2.35. The van der Waals surface area contributed by atoms with Crippen molar-refractivity contribution in [3.63, 3.8) is 0 Å². The number of aromatic nitrogens is 4. The Hall–Kier alpha value is -3.84. The second-order valence-electron chi connectivity index (χ2n) is 10.3. The lowest BCUT2D eigenvalue weighted by atomic mass is 10.0. The number of benzene rings is 1. The number of pyridine rings is 3. The first-order valence-corrected chi connectivity index (χ1v) is 13.1. The third-order valence-corrected chi connectivity index (χ3v) is 7.91. The number of imidazole rings is 1. The molecule has 186 valence electrons. The van der Waals surface area contributed by atoms with E-state index >= 15 is 0 Å². The summed E-state index contributed by atoms with van der Waals surface area (Å²) in [6.07, 6.45) is 9.75. The van der Waals surface area contributed by atoms with E-state index in [1.807, 2.05) is 36.0 Å². The SMILES string of the molecule is Cc1cc(-c2cnc3cc(-c4ccc(N5CCC(N6CCCC6)C5)nc4)ccn23)c2cc(F)ccc2n1. The van der Waals surface area contributed by atoms with E-state index in [9.17, 15) is 4.39 Å². The molecule has 0 N–H and O–H groups in total. The number of hydrogen-bond donors (Lipinski definition) is 0. The van der Waals surface area contributed by atoms with Crippen molar-refractivity contribution in [3.05, 3.63) is 78.6 Å². The highest BCUT2D eigenvalue weighted by Gasteiger charge is 2.29. The van der Waals surface area contributed by atoms with E-state index in [4.69, 9.17) is 4.98 Å². The molecule has 5 aromatic rings. The Balaban J connectivity index is 1.17. The van der Waals surface area contributed by atoms with Crippen LogP contribution >= 0.6 is 0 Å². The number of nitrogens with zero attached hydrogens (tertiary/aromatic N) is 6. The molecule has 4 aromatic heterocycles. The zero-order valence-corrected chi connectivity index (χ0v) is 20.9. The van der Waals surface area contributed by atoms with Gasteiger partial charge in [-0.2, -0.15) is 0 Å². The topological polar surface area (TPSA) is 49.6 Å². The fourth-order valence-corrected chi connectivity index (χ4v) is 6.00. The van der Waals surface area contributed by atoms with Gasteiger partial charge < -0.3 is 4.90 Å². The van der Waals surface area contributed by atoms with Crippen molar-refractivity contribution in [1.29, 1.82) is 0 Å². The minimum absolute atomic E-state index is 0.271. The van der Waals surface area contributed by atoms with Crippen LogP contribution in [0.4, 0.5) is 10.2 Å². The first-order valence-electron chi connectivity index (χ1n) is 13.1. The van der Waals surface area contributed by atoms with Gasteiger partial charge in [0.05, 0.1) is 17.4 Å². The molecule has 2 saturated heterocycles. The number of hydrogen-bond acceptors (Lipinski definition) is 5. The van der Waals surface area contributed by atoms with Crippen LogP contribution < -0.4 is 4.90 Å². The summed E-state index contributed by atoms with van der Waals surface area (Å²) in [5.74, 6) is 0.786. The summed E-state index contributed by atoms with van der Waals surface area (Å²) in [7, 11) is 0. The number of aryl methyl sites for hydroxylation is 1. The lowest BCUT2D eigenvalue weighted by Gasteiger charge is -2.24. The van der Waals surface area contributed by atoms with E-state index < -0.39 is 0 Å². The summed E-state index contributed by atoms with van der Waals surface area (Å²) >= 11 is 0. The summed E-state index contributed by atoms with van der Waals surface area (Å²) in [5, 5.41) is 0.783. The zero-order valence-electron chi connectivity index (χ0n) is 20.9. The molecule has 0 aliphatic carbocycles. The summed E-state index contributed by atoms with van der Waals surface area (Å²) in [4.78, 5) is 19.1. The van der Waals surface area contributed by atoms with Gasteiger partial charge in [0, 0.05) is 53.7 Å². The molecule has 6 nitrogen and oxygen atoms in total. The molecule has 0 amide bonds. The molecule has 0 saturated carbocycles. The van der Waals surface area contributed by atoms with Crippen molar-refractivity contribution in [1.82, 2.24) is 24.3 Å².